The highest BCUT2D eigenvalue weighted by Gasteiger charge is 2.26. The van der Waals surface area contributed by atoms with Gasteiger partial charge in [0.2, 0.25) is 0 Å². The van der Waals surface area contributed by atoms with E-state index in [0.717, 1.165) is 17.7 Å². The number of esters is 1. The van der Waals surface area contributed by atoms with E-state index in [2.05, 4.69) is 0 Å². The van der Waals surface area contributed by atoms with Crippen LogP contribution in [0.4, 0.5) is 28.9 Å². The van der Waals surface area contributed by atoms with Crippen LogP contribution in [0.2, 0.25) is 0 Å². The first-order valence-corrected chi connectivity index (χ1v) is 11.8. The number of anilines is 2. The van der Waals surface area contributed by atoms with Crippen molar-refractivity contribution < 1.29 is 41.7 Å². The number of hydrogen-bond donors (Lipinski definition) is 3. The van der Waals surface area contributed by atoms with Gasteiger partial charge in [0.1, 0.15) is 5.75 Å². The van der Waals surface area contributed by atoms with E-state index in [1.54, 1.807) is 30.3 Å². The Labute approximate surface area is 221 Å². The molecule has 0 aliphatic heterocycles. The van der Waals surface area contributed by atoms with Gasteiger partial charge in [0.15, 0.2) is 11.6 Å². The highest BCUT2D eigenvalue weighted by atomic mass is 19.4. The Morgan fingerprint density at radius 2 is 1.69 bits per heavy atom. The number of nitrogen functional groups attached to an aromatic ring is 2. The minimum atomic E-state index is -4.32. The Morgan fingerprint density at radius 3 is 2.31 bits per heavy atom. The van der Waals surface area contributed by atoms with Crippen LogP contribution in [0.5, 0.6) is 11.5 Å². The SMILES string of the molecule is Nc1ccc(CC/C(=C\c2ccc(OC(=O)c3ccc(OCCCC(F)(F)F)c(F)c3)cc2)C(=O)O)c(N)c1. The molecule has 3 aromatic rings. The van der Waals surface area contributed by atoms with E-state index in [4.69, 9.17) is 20.9 Å². The predicted molar refractivity (Wildman–Crippen MR) is 138 cm³/mol. The average Bonchev–Trinajstić information content (AvgIpc) is 2.86. The molecular weight excluding hydrogens is 520 g/mol. The molecule has 0 aliphatic rings. The molecule has 3 rings (SSSR count). The van der Waals surface area contributed by atoms with Crippen LogP contribution in [0.3, 0.4) is 0 Å². The first kappa shape index (κ1) is 29.0. The zero-order valence-electron chi connectivity index (χ0n) is 20.6. The van der Waals surface area contributed by atoms with Crippen molar-refractivity contribution in [1.82, 2.24) is 0 Å². The summed E-state index contributed by atoms with van der Waals surface area (Å²) in [5.41, 5.74) is 14.0. The molecule has 0 spiro atoms. The lowest BCUT2D eigenvalue weighted by molar-refractivity contribution is -0.136. The van der Waals surface area contributed by atoms with Gasteiger partial charge in [-0.2, -0.15) is 13.2 Å². The van der Waals surface area contributed by atoms with Crippen LogP contribution < -0.4 is 20.9 Å². The predicted octanol–water partition coefficient (Wildman–Crippen LogP) is 6.03. The van der Waals surface area contributed by atoms with Gasteiger partial charge >= 0.3 is 18.1 Å². The van der Waals surface area contributed by atoms with Gasteiger partial charge in [0.25, 0.3) is 0 Å². The molecule has 0 bridgehead atoms. The summed E-state index contributed by atoms with van der Waals surface area (Å²) in [6.45, 7) is -0.333. The van der Waals surface area contributed by atoms with E-state index in [1.165, 1.54) is 24.3 Å². The number of carboxylic acid groups (broad SMARTS) is 1. The van der Waals surface area contributed by atoms with Crippen molar-refractivity contribution in [1.29, 1.82) is 0 Å². The third-order valence-electron chi connectivity index (χ3n) is 5.57. The van der Waals surface area contributed by atoms with E-state index in [-0.39, 0.29) is 42.1 Å². The van der Waals surface area contributed by atoms with E-state index in [1.807, 2.05) is 0 Å². The third-order valence-corrected chi connectivity index (χ3v) is 5.57. The molecule has 5 N–H and O–H groups in total. The van der Waals surface area contributed by atoms with Gasteiger partial charge in [-0.1, -0.05) is 18.2 Å². The summed E-state index contributed by atoms with van der Waals surface area (Å²) in [6, 6.07) is 14.3. The van der Waals surface area contributed by atoms with Crippen molar-refractivity contribution >= 4 is 29.4 Å². The smallest absolute Gasteiger partial charge is 0.389 e. The third kappa shape index (κ3) is 9.06. The number of rotatable bonds is 11. The lowest BCUT2D eigenvalue weighted by Crippen LogP contribution is -2.11. The molecule has 0 saturated heterocycles. The van der Waals surface area contributed by atoms with Gasteiger partial charge < -0.3 is 26.0 Å². The van der Waals surface area contributed by atoms with Gasteiger partial charge in [-0.15, -0.1) is 0 Å². The lowest BCUT2D eigenvalue weighted by atomic mass is 10.0. The highest BCUT2D eigenvalue weighted by Crippen LogP contribution is 2.24. The molecule has 0 fully saturated rings. The van der Waals surface area contributed by atoms with Gasteiger partial charge in [0, 0.05) is 23.4 Å². The van der Waals surface area contributed by atoms with E-state index in [0.29, 0.717) is 23.4 Å². The van der Waals surface area contributed by atoms with Crippen LogP contribution in [0.25, 0.3) is 6.08 Å². The number of carboxylic acids is 1. The standard InChI is InChI=1S/C28H26F4N2O5/c29-23-15-20(7-11-25(23)38-13-1-12-28(30,31)32)27(37)39-22-9-2-17(3-10-22)14-19(26(35)36)5-4-18-6-8-21(33)16-24(18)34/h2-3,6-11,14-16H,1,4-5,12-13,33-34H2,(H,35,36)/b19-14+. The Morgan fingerprint density at radius 1 is 0.974 bits per heavy atom. The fourth-order valence-corrected chi connectivity index (χ4v) is 3.55. The number of alkyl halides is 3. The number of aryl methyl sites for hydroxylation is 1. The quantitative estimate of drug-likeness (QED) is 0.0670. The second-order valence-electron chi connectivity index (χ2n) is 8.60. The molecule has 0 aromatic heterocycles. The molecule has 0 atom stereocenters. The largest absolute Gasteiger partial charge is 0.491 e. The van der Waals surface area contributed by atoms with Gasteiger partial charge in [0.05, 0.1) is 12.2 Å². The number of benzene rings is 3. The molecule has 0 unspecified atom stereocenters. The molecule has 0 aliphatic carbocycles. The second-order valence-corrected chi connectivity index (χ2v) is 8.60. The minimum Gasteiger partial charge on any atom is -0.491 e. The molecule has 39 heavy (non-hydrogen) atoms. The summed E-state index contributed by atoms with van der Waals surface area (Å²) < 4.78 is 61.1. The van der Waals surface area contributed by atoms with E-state index < -0.39 is 30.4 Å². The lowest BCUT2D eigenvalue weighted by Gasteiger charge is -2.10. The molecule has 11 heteroatoms. The first-order valence-electron chi connectivity index (χ1n) is 11.8. The number of nitrogens with two attached hydrogens (primary N) is 2. The topological polar surface area (TPSA) is 125 Å². The number of ether oxygens (including phenoxy) is 2. The first-order chi connectivity index (χ1) is 18.4. The maximum absolute atomic E-state index is 14.2. The Hall–Kier alpha value is -4.54. The highest BCUT2D eigenvalue weighted by molar-refractivity contribution is 5.92. The fourth-order valence-electron chi connectivity index (χ4n) is 3.55. The molecule has 7 nitrogen and oxygen atoms in total. The number of carbonyl (C=O) groups excluding carboxylic acids is 1. The molecule has 0 saturated carbocycles. The van der Waals surface area contributed by atoms with Crippen LogP contribution >= 0.6 is 0 Å². The molecule has 0 radical (unpaired) electrons. The summed E-state index contributed by atoms with van der Waals surface area (Å²) >= 11 is 0. The Bertz CT molecular complexity index is 1360. The van der Waals surface area contributed by atoms with Crippen molar-refractivity contribution in [3.05, 3.63) is 88.7 Å². The van der Waals surface area contributed by atoms with Crippen LogP contribution in [0.15, 0.2) is 66.2 Å². The molecular formula is C28H26F4N2O5. The monoisotopic (exact) mass is 546 g/mol. The molecule has 3 aromatic carbocycles. The van der Waals surface area contributed by atoms with Gasteiger partial charge in [-0.3, -0.25) is 0 Å². The van der Waals surface area contributed by atoms with Gasteiger partial charge in [-0.05, 0) is 78.9 Å². The number of hydrogen-bond acceptors (Lipinski definition) is 6. The summed E-state index contributed by atoms with van der Waals surface area (Å²) in [6.07, 6.45) is -3.60. The van der Waals surface area contributed by atoms with Crippen molar-refractivity contribution in [3.63, 3.8) is 0 Å². The van der Waals surface area contributed by atoms with Crippen LogP contribution in [-0.4, -0.2) is 29.8 Å². The number of halogens is 4. The minimum absolute atomic E-state index is 0.130. The molecule has 0 amide bonds. The zero-order valence-corrected chi connectivity index (χ0v) is 20.6. The second kappa shape index (κ2) is 12.8. The number of aliphatic carboxylic acids is 1. The molecule has 206 valence electrons. The maximum Gasteiger partial charge on any atom is 0.389 e. The Kier molecular flexibility index (Phi) is 9.53. The summed E-state index contributed by atoms with van der Waals surface area (Å²) in [5, 5.41) is 9.59. The normalized spacial score (nSPS) is 11.7. The summed E-state index contributed by atoms with van der Waals surface area (Å²) in [5.74, 6) is -3.02. The zero-order chi connectivity index (χ0) is 28.6. The van der Waals surface area contributed by atoms with Gasteiger partial charge in [-0.25, -0.2) is 14.0 Å². The molecule has 0 heterocycles. The fraction of sp³-hybridized carbons (Fsp3) is 0.214. The van der Waals surface area contributed by atoms with Crippen LogP contribution in [-0.2, 0) is 11.2 Å². The summed E-state index contributed by atoms with van der Waals surface area (Å²) in [4.78, 5) is 24.1. The number of carbonyl (C=O) groups is 2. The van der Waals surface area contributed by atoms with Crippen molar-refractivity contribution in [3.8, 4) is 11.5 Å². The van der Waals surface area contributed by atoms with Crippen molar-refractivity contribution in [2.75, 3.05) is 18.1 Å². The maximum atomic E-state index is 14.2. The van der Waals surface area contributed by atoms with Crippen LogP contribution in [0.1, 0.15) is 40.7 Å². The van der Waals surface area contributed by atoms with Crippen molar-refractivity contribution in [2.45, 2.75) is 31.9 Å². The van der Waals surface area contributed by atoms with E-state index in [9.17, 15) is 32.3 Å². The van der Waals surface area contributed by atoms with Crippen LogP contribution in [0, 0.1) is 5.82 Å². The Balaban J connectivity index is 1.59. The van der Waals surface area contributed by atoms with E-state index >= 15 is 0 Å². The van der Waals surface area contributed by atoms with Crippen molar-refractivity contribution in [2.24, 2.45) is 0 Å². The average molecular weight is 547 g/mol. The summed E-state index contributed by atoms with van der Waals surface area (Å²) in [7, 11) is 0.